The van der Waals surface area contributed by atoms with Crippen LogP contribution in [0.2, 0.25) is 0 Å². The standard InChI is InChI=1S/C27H28N4O3S/c1-3-31(18(2)32)17-19-8-6-9-21(14-19)29-26(33)24(30-27(34)25-12-7-13-35-25)15-20-16-28-23-11-5-4-10-22(20)23/h4-14,16,24,28H,3,15,17H2,1-2H3,(H,29,33)(H,30,34). The highest BCUT2D eigenvalue weighted by Crippen LogP contribution is 2.21. The summed E-state index contributed by atoms with van der Waals surface area (Å²) in [5.74, 6) is -0.595. The molecule has 4 rings (SSSR count). The molecule has 3 amide bonds. The van der Waals surface area contributed by atoms with Crippen molar-refractivity contribution in [1.82, 2.24) is 15.2 Å². The van der Waals surface area contributed by atoms with E-state index in [0.29, 0.717) is 30.1 Å². The minimum absolute atomic E-state index is 0.00276. The van der Waals surface area contributed by atoms with E-state index in [4.69, 9.17) is 0 Å². The highest BCUT2D eigenvalue weighted by Gasteiger charge is 2.24. The van der Waals surface area contributed by atoms with Crippen LogP contribution in [0.1, 0.15) is 34.6 Å². The van der Waals surface area contributed by atoms with Gasteiger partial charge in [0.1, 0.15) is 6.04 Å². The second-order valence-corrected chi connectivity index (χ2v) is 9.24. The Kier molecular flexibility index (Phi) is 7.62. The van der Waals surface area contributed by atoms with Crippen LogP contribution < -0.4 is 10.6 Å². The number of para-hydroxylation sites is 1. The average molecular weight is 489 g/mol. The Hall–Kier alpha value is -3.91. The van der Waals surface area contributed by atoms with Gasteiger partial charge in [0, 0.05) is 49.2 Å². The first-order valence-corrected chi connectivity index (χ1v) is 12.4. The smallest absolute Gasteiger partial charge is 0.262 e. The van der Waals surface area contributed by atoms with Crippen molar-refractivity contribution in [3.63, 3.8) is 0 Å². The lowest BCUT2D eigenvalue weighted by Crippen LogP contribution is -2.45. The van der Waals surface area contributed by atoms with Gasteiger partial charge in [-0.05, 0) is 47.7 Å². The maximum atomic E-state index is 13.4. The molecule has 0 aliphatic rings. The van der Waals surface area contributed by atoms with E-state index in [0.717, 1.165) is 22.0 Å². The lowest BCUT2D eigenvalue weighted by molar-refractivity contribution is -0.129. The SMILES string of the molecule is CCN(Cc1cccc(NC(=O)C(Cc2c[nH]c3ccccc23)NC(=O)c2cccs2)c1)C(C)=O. The normalized spacial score (nSPS) is 11.7. The summed E-state index contributed by atoms with van der Waals surface area (Å²) in [5.41, 5.74) is 3.45. The third kappa shape index (κ3) is 5.96. The van der Waals surface area contributed by atoms with Gasteiger partial charge < -0.3 is 20.5 Å². The van der Waals surface area contributed by atoms with Crippen molar-refractivity contribution in [2.75, 3.05) is 11.9 Å². The highest BCUT2D eigenvalue weighted by atomic mass is 32.1. The molecule has 2 aromatic heterocycles. The number of thiophene rings is 1. The monoisotopic (exact) mass is 488 g/mol. The number of hydrogen-bond acceptors (Lipinski definition) is 4. The van der Waals surface area contributed by atoms with E-state index in [1.165, 1.54) is 11.3 Å². The molecule has 0 bridgehead atoms. The number of benzene rings is 2. The van der Waals surface area contributed by atoms with Gasteiger partial charge in [0.15, 0.2) is 0 Å². The number of aromatic amines is 1. The maximum Gasteiger partial charge on any atom is 0.262 e. The Morgan fingerprint density at radius 2 is 1.89 bits per heavy atom. The summed E-state index contributed by atoms with van der Waals surface area (Å²) in [5, 5.41) is 8.70. The quantitative estimate of drug-likeness (QED) is 0.322. The Balaban J connectivity index is 1.54. The minimum Gasteiger partial charge on any atom is -0.361 e. The zero-order valence-electron chi connectivity index (χ0n) is 19.7. The van der Waals surface area contributed by atoms with Gasteiger partial charge in [0.25, 0.3) is 5.91 Å². The molecule has 0 aliphatic carbocycles. The van der Waals surface area contributed by atoms with Gasteiger partial charge in [-0.3, -0.25) is 14.4 Å². The van der Waals surface area contributed by atoms with Crippen LogP contribution in [0.4, 0.5) is 5.69 Å². The molecule has 0 radical (unpaired) electrons. The van der Waals surface area contributed by atoms with Crippen molar-refractivity contribution in [1.29, 1.82) is 0 Å². The van der Waals surface area contributed by atoms with Crippen LogP contribution in [0.25, 0.3) is 10.9 Å². The number of carbonyl (C=O) groups is 3. The average Bonchev–Trinajstić information content (AvgIpc) is 3.53. The molecule has 8 heteroatoms. The number of anilines is 1. The Morgan fingerprint density at radius 3 is 2.63 bits per heavy atom. The Labute approximate surface area is 208 Å². The van der Waals surface area contributed by atoms with E-state index in [9.17, 15) is 14.4 Å². The highest BCUT2D eigenvalue weighted by molar-refractivity contribution is 7.12. The molecule has 3 N–H and O–H groups in total. The predicted molar refractivity (Wildman–Crippen MR) is 139 cm³/mol. The van der Waals surface area contributed by atoms with Crippen LogP contribution in [0.3, 0.4) is 0 Å². The molecule has 1 atom stereocenters. The van der Waals surface area contributed by atoms with E-state index in [2.05, 4.69) is 15.6 Å². The van der Waals surface area contributed by atoms with E-state index in [-0.39, 0.29) is 17.7 Å². The summed E-state index contributed by atoms with van der Waals surface area (Å²) in [7, 11) is 0. The van der Waals surface area contributed by atoms with Gasteiger partial charge in [0.2, 0.25) is 11.8 Å². The van der Waals surface area contributed by atoms with Crippen LogP contribution in [0.15, 0.2) is 72.2 Å². The summed E-state index contributed by atoms with van der Waals surface area (Å²) >= 11 is 1.33. The molecule has 0 aliphatic heterocycles. The summed E-state index contributed by atoms with van der Waals surface area (Å²) < 4.78 is 0. The van der Waals surface area contributed by atoms with E-state index in [1.807, 2.05) is 61.0 Å². The summed E-state index contributed by atoms with van der Waals surface area (Å²) in [6, 6.07) is 18.1. The largest absolute Gasteiger partial charge is 0.361 e. The van der Waals surface area contributed by atoms with Crippen molar-refractivity contribution in [3.8, 4) is 0 Å². The second-order valence-electron chi connectivity index (χ2n) is 8.29. The fourth-order valence-corrected chi connectivity index (χ4v) is 4.64. The number of hydrogen-bond donors (Lipinski definition) is 3. The Morgan fingerprint density at radius 1 is 1.06 bits per heavy atom. The molecule has 2 aromatic carbocycles. The van der Waals surface area contributed by atoms with Gasteiger partial charge in [-0.15, -0.1) is 11.3 Å². The summed E-state index contributed by atoms with van der Waals surface area (Å²) in [4.78, 5) is 43.5. The van der Waals surface area contributed by atoms with Gasteiger partial charge in [-0.25, -0.2) is 0 Å². The molecular formula is C27H28N4O3S. The van der Waals surface area contributed by atoms with Crippen molar-refractivity contribution in [2.24, 2.45) is 0 Å². The molecule has 0 saturated carbocycles. The van der Waals surface area contributed by atoms with Crippen LogP contribution >= 0.6 is 11.3 Å². The summed E-state index contributed by atoms with van der Waals surface area (Å²) in [6.07, 6.45) is 2.21. The Bertz CT molecular complexity index is 1330. The van der Waals surface area contributed by atoms with Gasteiger partial charge in [-0.1, -0.05) is 36.4 Å². The first-order valence-electron chi connectivity index (χ1n) is 11.5. The molecule has 1 unspecified atom stereocenters. The zero-order chi connectivity index (χ0) is 24.8. The lowest BCUT2D eigenvalue weighted by atomic mass is 10.0. The second kappa shape index (κ2) is 11.0. The van der Waals surface area contributed by atoms with Crippen molar-refractivity contribution in [3.05, 3.63) is 88.2 Å². The molecule has 0 fully saturated rings. The van der Waals surface area contributed by atoms with Gasteiger partial charge in [-0.2, -0.15) is 0 Å². The van der Waals surface area contributed by atoms with Crippen LogP contribution in [-0.4, -0.2) is 40.2 Å². The molecule has 2 heterocycles. The van der Waals surface area contributed by atoms with Gasteiger partial charge >= 0.3 is 0 Å². The van der Waals surface area contributed by atoms with E-state index < -0.39 is 6.04 Å². The molecular weight excluding hydrogens is 460 g/mol. The molecule has 180 valence electrons. The van der Waals surface area contributed by atoms with E-state index in [1.54, 1.807) is 30.0 Å². The number of rotatable bonds is 9. The third-order valence-electron chi connectivity index (χ3n) is 5.86. The first kappa shape index (κ1) is 24.2. The van der Waals surface area contributed by atoms with Crippen molar-refractivity contribution in [2.45, 2.75) is 32.9 Å². The van der Waals surface area contributed by atoms with Crippen LogP contribution in [0, 0.1) is 0 Å². The van der Waals surface area contributed by atoms with Crippen molar-refractivity contribution >= 4 is 45.6 Å². The first-order chi connectivity index (χ1) is 16.9. The molecule has 0 spiro atoms. The van der Waals surface area contributed by atoms with Crippen LogP contribution in [0.5, 0.6) is 0 Å². The summed E-state index contributed by atoms with van der Waals surface area (Å²) in [6.45, 7) is 4.54. The van der Waals surface area contributed by atoms with Crippen molar-refractivity contribution < 1.29 is 14.4 Å². The number of fused-ring (bicyclic) bond motifs is 1. The number of aromatic nitrogens is 1. The molecule has 7 nitrogen and oxygen atoms in total. The molecule has 35 heavy (non-hydrogen) atoms. The number of carbonyl (C=O) groups excluding carboxylic acids is 3. The van der Waals surface area contributed by atoms with E-state index >= 15 is 0 Å². The van der Waals surface area contributed by atoms with Crippen LogP contribution in [-0.2, 0) is 22.6 Å². The number of H-pyrrole nitrogens is 1. The molecule has 0 saturated heterocycles. The number of nitrogens with one attached hydrogen (secondary N) is 3. The number of amides is 3. The minimum atomic E-state index is -0.781. The maximum absolute atomic E-state index is 13.4. The fraction of sp³-hybridized carbons (Fsp3) is 0.222. The lowest BCUT2D eigenvalue weighted by Gasteiger charge is -2.20. The topological polar surface area (TPSA) is 94.3 Å². The molecule has 4 aromatic rings. The predicted octanol–water partition coefficient (Wildman–Crippen LogP) is 4.58. The van der Waals surface area contributed by atoms with Gasteiger partial charge in [0.05, 0.1) is 4.88 Å². The fourth-order valence-electron chi connectivity index (χ4n) is 4.01. The third-order valence-corrected chi connectivity index (χ3v) is 6.73. The zero-order valence-corrected chi connectivity index (χ0v) is 20.5. The number of nitrogens with zero attached hydrogens (tertiary/aromatic N) is 1.